The predicted octanol–water partition coefficient (Wildman–Crippen LogP) is 4.73. The summed E-state index contributed by atoms with van der Waals surface area (Å²) in [6, 6.07) is 4.78. The monoisotopic (exact) mass is 656 g/mol. The highest BCUT2D eigenvalue weighted by Crippen LogP contribution is 2.42. The van der Waals surface area contributed by atoms with E-state index >= 15 is 0 Å². The molecule has 4 fully saturated rings. The summed E-state index contributed by atoms with van der Waals surface area (Å²) in [7, 11) is 1.82. The molecule has 3 aliphatic carbocycles. The molecular weight excluding hydrogens is 604 g/mol. The van der Waals surface area contributed by atoms with Gasteiger partial charge in [0.25, 0.3) is 5.91 Å². The van der Waals surface area contributed by atoms with Crippen molar-refractivity contribution in [3.63, 3.8) is 0 Å². The number of rotatable bonds is 9. The van der Waals surface area contributed by atoms with Crippen LogP contribution in [0.1, 0.15) is 93.5 Å². The Morgan fingerprint density at radius 3 is 2.48 bits per heavy atom. The first kappa shape index (κ1) is 31.8. The maximum Gasteiger partial charge on any atom is 0.251 e. The molecule has 3 aliphatic heterocycles. The number of benzene rings is 1. The number of amides is 2. The third kappa shape index (κ3) is 6.24. The summed E-state index contributed by atoms with van der Waals surface area (Å²) >= 11 is 0. The maximum absolute atomic E-state index is 13.6. The minimum Gasteiger partial charge on any atom is -0.491 e. The molecule has 0 unspecified atom stereocenters. The van der Waals surface area contributed by atoms with Gasteiger partial charge in [0.05, 0.1) is 18.5 Å². The van der Waals surface area contributed by atoms with E-state index in [1.54, 1.807) is 11.1 Å². The van der Waals surface area contributed by atoms with E-state index in [1.807, 2.05) is 19.2 Å². The molecule has 1 aromatic carbocycles. The highest BCUT2D eigenvalue weighted by Gasteiger charge is 2.41. The Morgan fingerprint density at radius 2 is 1.75 bits per heavy atom. The lowest BCUT2D eigenvalue weighted by Crippen LogP contribution is -2.55. The fourth-order valence-corrected chi connectivity index (χ4v) is 9.00. The number of likely N-dealkylation sites (N-methyl/N-ethyl adjacent to an activating group) is 1. The van der Waals surface area contributed by atoms with Crippen LogP contribution < -0.4 is 25.2 Å². The Balaban J connectivity index is 0.923. The van der Waals surface area contributed by atoms with Gasteiger partial charge in [0.2, 0.25) is 11.9 Å². The first-order valence-electron chi connectivity index (χ1n) is 18.7. The summed E-state index contributed by atoms with van der Waals surface area (Å²) in [5.74, 6) is 3.05. The number of nitrogens with one attached hydrogen (secondary N) is 2. The van der Waals surface area contributed by atoms with Crippen LogP contribution >= 0.6 is 0 Å². The topological polar surface area (TPSA) is 106 Å². The third-order valence-corrected chi connectivity index (χ3v) is 11.9. The van der Waals surface area contributed by atoms with Gasteiger partial charge in [-0.05, 0) is 75.8 Å². The lowest BCUT2D eigenvalue weighted by Gasteiger charge is -2.43. The molecule has 8 rings (SSSR count). The smallest absolute Gasteiger partial charge is 0.251 e. The highest BCUT2D eigenvalue weighted by atomic mass is 16.5. The molecule has 48 heavy (non-hydrogen) atoms. The third-order valence-electron chi connectivity index (χ3n) is 11.9. The minimum atomic E-state index is -0.221. The quantitative estimate of drug-likeness (QED) is 0.397. The molecule has 11 nitrogen and oxygen atoms in total. The van der Waals surface area contributed by atoms with E-state index in [1.165, 1.54) is 58.4 Å². The molecular formula is C37H52N8O3. The molecule has 258 valence electrons. The number of hydrogen-bond acceptors (Lipinski definition) is 9. The van der Waals surface area contributed by atoms with Crippen LogP contribution in [-0.4, -0.2) is 102 Å². The number of anilines is 4. The molecule has 2 aromatic rings. The summed E-state index contributed by atoms with van der Waals surface area (Å²) in [5.41, 5.74) is 3.15. The average molecular weight is 657 g/mol. The fraction of sp³-hybridized carbons (Fsp3) is 0.676. The van der Waals surface area contributed by atoms with Crippen molar-refractivity contribution in [2.24, 2.45) is 5.92 Å². The number of nitrogens with zero attached hydrogens (tertiary/aromatic N) is 6. The number of hydrogen-bond donors (Lipinski definition) is 2. The van der Waals surface area contributed by atoms with Crippen LogP contribution in [0.2, 0.25) is 0 Å². The molecule has 3 saturated carbocycles. The number of fused-ring (bicyclic) bond motifs is 2. The van der Waals surface area contributed by atoms with Crippen molar-refractivity contribution >= 4 is 35.0 Å². The Labute approximate surface area is 284 Å². The zero-order chi connectivity index (χ0) is 32.8. The van der Waals surface area contributed by atoms with Gasteiger partial charge in [-0.2, -0.15) is 4.98 Å². The summed E-state index contributed by atoms with van der Waals surface area (Å²) < 4.78 is 6.11. The number of carbonyl (C=O) groups is 2. The van der Waals surface area contributed by atoms with E-state index in [0.717, 1.165) is 73.6 Å². The van der Waals surface area contributed by atoms with Crippen molar-refractivity contribution in [2.45, 2.75) is 108 Å². The molecule has 0 spiro atoms. The van der Waals surface area contributed by atoms with Gasteiger partial charge in [0.15, 0.2) is 5.82 Å². The Hall–Kier alpha value is -3.44. The largest absolute Gasteiger partial charge is 0.491 e. The van der Waals surface area contributed by atoms with E-state index in [-0.39, 0.29) is 23.9 Å². The fourth-order valence-electron chi connectivity index (χ4n) is 9.00. The first-order chi connectivity index (χ1) is 23.5. The van der Waals surface area contributed by atoms with Crippen LogP contribution in [0.5, 0.6) is 5.75 Å². The van der Waals surface area contributed by atoms with Gasteiger partial charge in [-0.3, -0.25) is 14.5 Å². The number of aromatic nitrogens is 2. The van der Waals surface area contributed by atoms with Crippen molar-refractivity contribution in [3.8, 4) is 5.75 Å². The summed E-state index contributed by atoms with van der Waals surface area (Å²) in [4.78, 5) is 45.9. The zero-order valence-electron chi connectivity index (χ0n) is 28.8. The number of piperazine rings is 1. The van der Waals surface area contributed by atoms with Gasteiger partial charge in [-0.15, -0.1) is 0 Å². The Bertz CT molecular complexity index is 1510. The van der Waals surface area contributed by atoms with Gasteiger partial charge in [-0.25, -0.2) is 4.98 Å². The van der Waals surface area contributed by atoms with Crippen LogP contribution in [0.15, 0.2) is 18.3 Å². The second kappa shape index (κ2) is 13.5. The number of ether oxygens (including phenoxy) is 1. The number of carbonyl (C=O) groups excluding carboxylic acids is 2. The molecule has 1 aromatic heterocycles. The van der Waals surface area contributed by atoms with E-state index in [4.69, 9.17) is 9.72 Å². The normalized spacial score (nSPS) is 26.7. The van der Waals surface area contributed by atoms with Crippen LogP contribution in [0.25, 0.3) is 0 Å². The van der Waals surface area contributed by atoms with Crippen LogP contribution in [0.3, 0.4) is 0 Å². The van der Waals surface area contributed by atoms with E-state index in [2.05, 4.69) is 37.2 Å². The van der Waals surface area contributed by atoms with Gasteiger partial charge in [0.1, 0.15) is 17.5 Å². The zero-order valence-corrected chi connectivity index (χ0v) is 28.8. The lowest BCUT2D eigenvalue weighted by molar-refractivity contribution is -0.120. The second-order valence-corrected chi connectivity index (χ2v) is 15.0. The van der Waals surface area contributed by atoms with Gasteiger partial charge >= 0.3 is 0 Å². The maximum atomic E-state index is 13.6. The first-order valence-corrected chi connectivity index (χ1v) is 18.7. The standard InChI is InChI=1S/C37H52N8O3/c1-3-31-36(47)42(2)32-22-38-37(41-34(32)45(31)27-6-4-5-7-27)40-30-15-14-29(28-16-21-48-33(28)30)35(46)39-25-10-12-26(13-11-25)44-19-17-43(18-20-44)23-24-8-9-24/h14-15,22,24-27,31H,3-13,16-21,23H2,1-2H3,(H,39,46)(H,38,40,41)/t25-,26+,31-/m1/s1. The average Bonchev–Trinajstić information content (AvgIpc) is 3.51. The van der Waals surface area contributed by atoms with Gasteiger partial charge < -0.3 is 30.1 Å². The Kier molecular flexibility index (Phi) is 8.92. The predicted molar refractivity (Wildman–Crippen MR) is 187 cm³/mol. The lowest BCUT2D eigenvalue weighted by atomic mass is 9.89. The van der Waals surface area contributed by atoms with E-state index in [0.29, 0.717) is 42.4 Å². The van der Waals surface area contributed by atoms with Gasteiger partial charge in [-0.1, -0.05) is 19.8 Å². The molecule has 1 atom stereocenters. The van der Waals surface area contributed by atoms with Crippen LogP contribution in [-0.2, 0) is 11.2 Å². The SMILES string of the molecule is CC[C@@H]1C(=O)N(C)c2cnc(Nc3ccc(C(=O)N[C@H]4CC[C@@H](N5CCN(CC6CC6)CC5)CC4)c4c3OCC4)nc2N1C1CCCC1. The molecule has 11 heteroatoms. The van der Waals surface area contributed by atoms with Gasteiger partial charge in [0, 0.05) is 75.4 Å². The van der Waals surface area contributed by atoms with E-state index < -0.39 is 0 Å². The van der Waals surface area contributed by atoms with Crippen molar-refractivity contribution in [2.75, 3.05) is 61.5 Å². The molecule has 0 bridgehead atoms. The molecule has 1 saturated heterocycles. The van der Waals surface area contributed by atoms with Crippen molar-refractivity contribution in [3.05, 3.63) is 29.5 Å². The van der Waals surface area contributed by atoms with Crippen molar-refractivity contribution < 1.29 is 14.3 Å². The van der Waals surface area contributed by atoms with Crippen LogP contribution in [0, 0.1) is 5.92 Å². The van der Waals surface area contributed by atoms with E-state index in [9.17, 15) is 9.59 Å². The van der Waals surface area contributed by atoms with Crippen LogP contribution in [0.4, 0.5) is 23.1 Å². The van der Waals surface area contributed by atoms with Crippen molar-refractivity contribution in [1.29, 1.82) is 0 Å². The Morgan fingerprint density at radius 1 is 0.979 bits per heavy atom. The summed E-state index contributed by atoms with van der Waals surface area (Å²) in [5, 5.41) is 6.78. The summed E-state index contributed by atoms with van der Waals surface area (Å²) in [6.07, 6.45) is 14.9. The molecule has 6 aliphatic rings. The molecule has 2 amide bonds. The van der Waals surface area contributed by atoms with Crippen molar-refractivity contribution in [1.82, 2.24) is 25.1 Å². The molecule has 2 N–H and O–H groups in total. The summed E-state index contributed by atoms with van der Waals surface area (Å²) in [6.45, 7) is 8.71. The molecule has 4 heterocycles. The second-order valence-electron chi connectivity index (χ2n) is 15.0. The highest BCUT2D eigenvalue weighted by molar-refractivity contribution is 6.04. The molecule has 0 radical (unpaired) electrons. The minimum absolute atomic E-state index is 0.00371.